The molecule has 1 N–H and O–H groups in total. The Morgan fingerprint density at radius 1 is 0.879 bits per heavy atom. The molecule has 33 heavy (non-hydrogen) atoms. The Hall–Kier alpha value is -2.67. The third-order valence-electron chi connectivity index (χ3n) is 5.51. The van der Waals surface area contributed by atoms with Gasteiger partial charge in [0.1, 0.15) is 5.75 Å². The van der Waals surface area contributed by atoms with Gasteiger partial charge < -0.3 is 9.84 Å². The molecule has 0 fully saturated rings. The fourth-order valence-corrected chi connectivity index (χ4v) is 6.50. The van der Waals surface area contributed by atoms with Crippen LogP contribution in [0.5, 0.6) is 5.75 Å². The van der Waals surface area contributed by atoms with Gasteiger partial charge in [-0.15, -0.1) is 11.3 Å². The minimum atomic E-state index is -1.00. The van der Waals surface area contributed by atoms with Gasteiger partial charge in [-0.1, -0.05) is 60.7 Å². The third-order valence-corrected chi connectivity index (χ3v) is 7.83. The molecule has 0 spiro atoms. The molecule has 0 saturated carbocycles. The summed E-state index contributed by atoms with van der Waals surface area (Å²) in [6.07, 6.45) is -0.730. The first-order valence-electron chi connectivity index (χ1n) is 10.3. The van der Waals surface area contributed by atoms with Crippen LogP contribution in [0.25, 0.3) is 31.3 Å². The van der Waals surface area contributed by atoms with E-state index in [4.69, 9.17) is 4.74 Å². The molecule has 6 heteroatoms. The molecule has 1 atom stereocenters. The highest BCUT2D eigenvalue weighted by Gasteiger charge is 2.23. The molecule has 3 nitrogen and oxygen atoms in total. The van der Waals surface area contributed by atoms with E-state index in [1.54, 1.807) is 11.3 Å². The van der Waals surface area contributed by atoms with Gasteiger partial charge in [-0.2, -0.15) is 0 Å². The van der Waals surface area contributed by atoms with Crippen LogP contribution in [-0.2, 0) is 11.2 Å². The number of rotatable bonds is 6. The molecule has 164 valence electrons. The molecule has 1 heterocycles. The van der Waals surface area contributed by atoms with Crippen LogP contribution in [0, 0.1) is 0 Å². The number of halogens is 2. The quantitative estimate of drug-likeness (QED) is 0.219. The van der Waals surface area contributed by atoms with Gasteiger partial charge in [0.2, 0.25) is 0 Å². The predicted octanol–water partition coefficient (Wildman–Crippen LogP) is 8.32. The summed E-state index contributed by atoms with van der Waals surface area (Å²) in [7, 11) is 0. The van der Waals surface area contributed by atoms with Crippen molar-refractivity contribution < 1.29 is 14.6 Å². The number of carboxylic acids is 1. The van der Waals surface area contributed by atoms with Gasteiger partial charge in [0, 0.05) is 26.6 Å². The fourth-order valence-electron chi connectivity index (χ4n) is 3.99. The molecular formula is C27H18Br2O3S. The summed E-state index contributed by atoms with van der Waals surface area (Å²) in [6.45, 7) is 0. The van der Waals surface area contributed by atoms with Gasteiger partial charge in [-0.3, -0.25) is 0 Å². The van der Waals surface area contributed by atoms with Gasteiger partial charge in [0.25, 0.3) is 0 Å². The number of carbonyl (C=O) groups is 1. The van der Waals surface area contributed by atoms with Crippen LogP contribution in [0.1, 0.15) is 5.56 Å². The lowest BCUT2D eigenvalue weighted by Crippen LogP contribution is -2.29. The van der Waals surface area contributed by atoms with E-state index in [0.29, 0.717) is 14.7 Å². The van der Waals surface area contributed by atoms with Crippen molar-refractivity contribution in [1.29, 1.82) is 0 Å². The van der Waals surface area contributed by atoms with Crippen molar-refractivity contribution in [2.45, 2.75) is 12.5 Å². The molecule has 0 radical (unpaired) electrons. The highest BCUT2D eigenvalue weighted by atomic mass is 79.9. The number of ether oxygens (including phenoxy) is 1. The second-order valence-electron chi connectivity index (χ2n) is 7.68. The zero-order valence-corrected chi connectivity index (χ0v) is 21.3. The van der Waals surface area contributed by atoms with E-state index in [0.717, 1.165) is 16.7 Å². The second-order valence-corrected chi connectivity index (χ2v) is 10.5. The summed E-state index contributed by atoms with van der Waals surface area (Å²) in [5.74, 6) is -0.527. The normalized spacial score (nSPS) is 12.2. The van der Waals surface area contributed by atoms with Gasteiger partial charge in [0.05, 0.1) is 8.95 Å². The van der Waals surface area contributed by atoms with E-state index < -0.39 is 12.1 Å². The Kier molecular flexibility index (Phi) is 6.23. The summed E-state index contributed by atoms with van der Waals surface area (Å²) >= 11 is 9.02. The molecular weight excluding hydrogens is 564 g/mol. The average Bonchev–Trinajstić information content (AvgIpc) is 3.20. The maximum Gasteiger partial charge on any atom is 0.345 e. The van der Waals surface area contributed by atoms with Crippen molar-refractivity contribution in [2.75, 3.05) is 0 Å². The fraction of sp³-hybridized carbons (Fsp3) is 0.0741. The van der Waals surface area contributed by atoms with E-state index in [2.05, 4.69) is 74.3 Å². The Morgan fingerprint density at radius 2 is 1.55 bits per heavy atom. The van der Waals surface area contributed by atoms with Gasteiger partial charge in [-0.05, 0) is 72.8 Å². The van der Waals surface area contributed by atoms with Crippen LogP contribution < -0.4 is 4.74 Å². The van der Waals surface area contributed by atoms with Crippen molar-refractivity contribution in [3.63, 3.8) is 0 Å². The van der Waals surface area contributed by atoms with Crippen molar-refractivity contribution in [3.05, 3.63) is 99.4 Å². The predicted molar refractivity (Wildman–Crippen MR) is 142 cm³/mol. The summed E-state index contributed by atoms with van der Waals surface area (Å²) in [6, 6.07) is 28.2. The molecule has 4 aromatic carbocycles. The molecule has 0 amide bonds. The van der Waals surface area contributed by atoms with Crippen molar-refractivity contribution in [2.24, 2.45) is 0 Å². The summed E-state index contributed by atoms with van der Waals surface area (Å²) < 4.78 is 9.86. The minimum absolute atomic E-state index is 0.275. The Morgan fingerprint density at radius 3 is 2.27 bits per heavy atom. The van der Waals surface area contributed by atoms with E-state index in [1.165, 1.54) is 20.2 Å². The van der Waals surface area contributed by atoms with Crippen molar-refractivity contribution in [1.82, 2.24) is 0 Å². The number of carboxylic acid groups (broad SMARTS) is 1. The number of benzene rings is 4. The van der Waals surface area contributed by atoms with Crippen LogP contribution in [0.2, 0.25) is 0 Å². The van der Waals surface area contributed by atoms with Crippen LogP contribution in [0.3, 0.4) is 0 Å². The van der Waals surface area contributed by atoms with Gasteiger partial charge in [-0.25, -0.2) is 4.79 Å². The molecule has 0 saturated heterocycles. The lowest BCUT2D eigenvalue weighted by atomic mass is 9.99. The Balaban J connectivity index is 1.54. The first-order valence-corrected chi connectivity index (χ1v) is 12.7. The van der Waals surface area contributed by atoms with Crippen molar-refractivity contribution in [3.8, 4) is 16.9 Å². The SMILES string of the molecule is O=C(O)C(Cc1ccccc1)Oc1c(Br)cc(-c2cccc3sc4ccccc4c23)cc1Br. The monoisotopic (exact) mass is 580 g/mol. The minimum Gasteiger partial charge on any atom is -0.478 e. The van der Waals surface area contributed by atoms with E-state index >= 15 is 0 Å². The molecule has 0 aliphatic carbocycles. The number of aliphatic carboxylic acids is 1. The van der Waals surface area contributed by atoms with Gasteiger partial charge >= 0.3 is 5.97 Å². The Bertz CT molecular complexity index is 1450. The van der Waals surface area contributed by atoms with Crippen molar-refractivity contribution >= 4 is 69.3 Å². The van der Waals surface area contributed by atoms with E-state index in [1.807, 2.05) is 42.5 Å². The highest BCUT2D eigenvalue weighted by molar-refractivity contribution is 9.11. The van der Waals surface area contributed by atoms with Crippen LogP contribution in [0.15, 0.2) is 93.9 Å². The largest absolute Gasteiger partial charge is 0.478 e. The third kappa shape index (κ3) is 4.43. The van der Waals surface area contributed by atoms with Gasteiger partial charge in [0.15, 0.2) is 6.10 Å². The zero-order chi connectivity index (χ0) is 22.9. The molecule has 1 unspecified atom stereocenters. The second kappa shape index (κ2) is 9.29. The highest BCUT2D eigenvalue weighted by Crippen LogP contribution is 2.43. The maximum absolute atomic E-state index is 11.9. The van der Waals surface area contributed by atoms with Crippen LogP contribution >= 0.6 is 43.2 Å². The molecule has 0 aliphatic heterocycles. The Labute approximate surface area is 211 Å². The summed E-state index contributed by atoms with van der Waals surface area (Å²) in [5, 5.41) is 12.2. The van der Waals surface area contributed by atoms with Crippen LogP contribution in [0.4, 0.5) is 0 Å². The number of hydrogen-bond acceptors (Lipinski definition) is 3. The summed E-state index contributed by atoms with van der Waals surface area (Å²) in [5.41, 5.74) is 3.05. The number of thiophene rings is 1. The topological polar surface area (TPSA) is 46.5 Å². The first kappa shape index (κ1) is 22.1. The number of hydrogen-bond donors (Lipinski definition) is 1. The molecule has 0 aliphatic rings. The van der Waals surface area contributed by atoms with E-state index in [-0.39, 0.29) is 6.42 Å². The lowest BCUT2D eigenvalue weighted by molar-refractivity contribution is -0.145. The average molecular weight is 582 g/mol. The summed E-state index contributed by atoms with van der Waals surface area (Å²) in [4.78, 5) is 11.9. The smallest absolute Gasteiger partial charge is 0.345 e. The van der Waals surface area contributed by atoms with Crippen LogP contribution in [-0.4, -0.2) is 17.2 Å². The maximum atomic E-state index is 11.9. The first-order chi connectivity index (χ1) is 16.0. The molecule has 0 bridgehead atoms. The van der Waals surface area contributed by atoms with E-state index in [9.17, 15) is 9.90 Å². The number of fused-ring (bicyclic) bond motifs is 3. The standard InChI is InChI=1S/C27H18Br2O3S/c28-20-14-17(18-10-6-12-24-25(18)19-9-4-5-11-23(19)33-24)15-21(29)26(20)32-22(27(30)31)13-16-7-2-1-3-8-16/h1-12,14-15,22H,13H2,(H,30,31). The molecule has 1 aromatic heterocycles. The molecule has 5 aromatic rings. The molecule has 5 rings (SSSR count). The zero-order valence-electron chi connectivity index (χ0n) is 17.3. The lowest BCUT2D eigenvalue weighted by Gasteiger charge is -2.18.